The lowest BCUT2D eigenvalue weighted by Gasteiger charge is -2.18. The van der Waals surface area contributed by atoms with E-state index >= 15 is 0 Å². The Kier molecular flexibility index (Phi) is 33.5. The molecule has 50 heavy (non-hydrogen) atoms. The van der Waals surface area contributed by atoms with E-state index in [1.165, 1.54) is 64.2 Å². The summed E-state index contributed by atoms with van der Waals surface area (Å²) in [5.74, 6) is -1.09. The van der Waals surface area contributed by atoms with E-state index in [0.29, 0.717) is 19.3 Å². The summed E-state index contributed by atoms with van der Waals surface area (Å²) in [7, 11) is -4.81. The number of aliphatic hydroxyl groups excluding tert-OH is 1. The predicted molar refractivity (Wildman–Crippen MR) is 203 cm³/mol. The molecule has 0 aromatic carbocycles. The minimum atomic E-state index is -4.81. The Morgan fingerprint density at radius 3 is 1.66 bits per heavy atom. The fraction of sp³-hybridized carbons (Fsp3) is 0.700. The zero-order chi connectivity index (χ0) is 37.0. The van der Waals surface area contributed by atoms with E-state index < -0.39 is 38.6 Å². The van der Waals surface area contributed by atoms with Crippen LogP contribution in [0.1, 0.15) is 155 Å². The third-order valence-electron chi connectivity index (χ3n) is 7.90. The van der Waals surface area contributed by atoms with Crippen molar-refractivity contribution < 1.29 is 43.0 Å². The lowest BCUT2D eigenvalue weighted by atomic mass is 10.0. The zero-order valence-corrected chi connectivity index (χ0v) is 32.0. The van der Waals surface area contributed by atoms with Gasteiger partial charge in [-0.25, -0.2) is 4.57 Å². The van der Waals surface area contributed by atoms with Crippen LogP contribution in [0.2, 0.25) is 0 Å². The van der Waals surface area contributed by atoms with Crippen molar-refractivity contribution in [2.75, 3.05) is 13.2 Å². The van der Waals surface area contributed by atoms with Crippen molar-refractivity contribution in [3.05, 3.63) is 60.8 Å². The summed E-state index contributed by atoms with van der Waals surface area (Å²) in [5.41, 5.74) is 0. The first kappa shape index (κ1) is 47.7. The van der Waals surface area contributed by atoms with Crippen molar-refractivity contribution in [1.29, 1.82) is 0 Å². The first-order valence-corrected chi connectivity index (χ1v) is 20.7. The maximum atomic E-state index is 12.4. The van der Waals surface area contributed by atoms with E-state index in [0.717, 1.165) is 44.9 Å². The Balaban J connectivity index is 4.18. The topological polar surface area (TPSA) is 140 Å². The summed E-state index contributed by atoms with van der Waals surface area (Å²) in [6.07, 6.45) is 39.7. The first-order valence-electron chi connectivity index (χ1n) is 19.2. The number of esters is 2. The van der Waals surface area contributed by atoms with Gasteiger partial charge in [0, 0.05) is 12.8 Å². The fourth-order valence-electron chi connectivity index (χ4n) is 5.05. The molecule has 0 amide bonds. The number of hydrogen-bond donors (Lipinski definition) is 3. The second-order valence-corrected chi connectivity index (χ2v) is 14.0. The Morgan fingerprint density at radius 1 is 0.620 bits per heavy atom. The molecule has 0 spiro atoms. The molecule has 0 rings (SSSR count). The third-order valence-corrected chi connectivity index (χ3v) is 8.39. The van der Waals surface area contributed by atoms with Gasteiger partial charge in [0.2, 0.25) is 0 Å². The molecule has 0 saturated heterocycles. The molecule has 0 aromatic rings. The quantitative estimate of drug-likeness (QED) is 0.0194. The van der Waals surface area contributed by atoms with Crippen LogP contribution in [0.25, 0.3) is 0 Å². The highest BCUT2D eigenvalue weighted by molar-refractivity contribution is 7.46. The molecule has 0 aliphatic rings. The molecule has 0 bridgehead atoms. The number of carbonyl (C=O) groups excluding carboxylic acids is 2. The van der Waals surface area contributed by atoms with E-state index in [1.807, 2.05) is 12.2 Å². The van der Waals surface area contributed by atoms with E-state index in [1.54, 1.807) is 12.2 Å². The molecule has 10 heteroatoms. The van der Waals surface area contributed by atoms with Crippen molar-refractivity contribution >= 4 is 19.8 Å². The second kappa shape index (κ2) is 35.1. The monoisotopic (exact) mass is 724 g/mol. The van der Waals surface area contributed by atoms with E-state index in [-0.39, 0.29) is 19.4 Å². The number of unbranched alkanes of at least 4 members (excludes halogenated alkanes) is 13. The minimum absolute atomic E-state index is 0.0196. The summed E-state index contributed by atoms with van der Waals surface area (Å²) in [4.78, 5) is 42.7. The molecule has 3 N–H and O–H groups in total. The molecule has 1 unspecified atom stereocenters. The molecule has 0 heterocycles. The first-order chi connectivity index (χ1) is 24.2. The number of phosphoric acid groups is 1. The average molecular weight is 725 g/mol. The average Bonchev–Trinajstić information content (AvgIpc) is 3.07. The van der Waals surface area contributed by atoms with Crippen molar-refractivity contribution in [2.45, 2.75) is 167 Å². The van der Waals surface area contributed by atoms with Crippen LogP contribution in [0.3, 0.4) is 0 Å². The van der Waals surface area contributed by atoms with Gasteiger partial charge in [0.15, 0.2) is 6.10 Å². The number of rotatable bonds is 34. The maximum Gasteiger partial charge on any atom is 0.469 e. The van der Waals surface area contributed by atoms with Crippen LogP contribution in [0, 0.1) is 0 Å². The largest absolute Gasteiger partial charge is 0.469 e. The summed E-state index contributed by atoms with van der Waals surface area (Å²) in [5, 5.41) is 10.2. The zero-order valence-electron chi connectivity index (χ0n) is 31.1. The molecule has 288 valence electrons. The molecular weight excluding hydrogens is 655 g/mol. The van der Waals surface area contributed by atoms with Crippen LogP contribution in [-0.4, -0.2) is 52.3 Å². The summed E-state index contributed by atoms with van der Waals surface area (Å²) in [6, 6.07) is 0. The van der Waals surface area contributed by atoms with Crippen LogP contribution in [0.5, 0.6) is 0 Å². The highest BCUT2D eigenvalue weighted by Crippen LogP contribution is 2.36. The van der Waals surface area contributed by atoms with Gasteiger partial charge in [-0.2, -0.15) is 0 Å². The lowest BCUT2D eigenvalue weighted by Crippen LogP contribution is -2.29. The molecule has 0 fully saturated rings. The van der Waals surface area contributed by atoms with E-state index in [9.17, 15) is 19.3 Å². The minimum Gasteiger partial charge on any atom is -0.462 e. The highest BCUT2D eigenvalue weighted by atomic mass is 31.2. The molecule has 2 atom stereocenters. The number of phosphoric ester groups is 1. The number of aliphatic hydroxyl groups is 1. The Morgan fingerprint density at radius 2 is 1.12 bits per heavy atom. The maximum absolute atomic E-state index is 12.4. The van der Waals surface area contributed by atoms with Crippen molar-refractivity contribution in [3.8, 4) is 0 Å². The Labute approximate surface area is 303 Å². The summed E-state index contributed by atoms with van der Waals surface area (Å²) in [6.45, 7) is 3.39. The smallest absolute Gasteiger partial charge is 0.462 e. The van der Waals surface area contributed by atoms with Crippen LogP contribution in [0.4, 0.5) is 0 Å². The predicted octanol–water partition coefficient (Wildman–Crippen LogP) is 10.3. The molecular formula is C40H69O9P. The van der Waals surface area contributed by atoms with Crippen molar-refractivity contribution in [2.24, 2.45) is 0 Å². The SMILES string of the molecule is CC/C=C\C/C=C\C/C=C\C/C=C\C=C\C(O)CCCC(=O)O[C@H](COC(=O)CCCCCCCCCCCCCCCC)COP(=O)(O)O. The number of hydrogen-bond acceptors (Lipinski definition) is 7. The molecule has 0 saturated carbocycles. The molecule has 9 nitrogen and oxygen atoms in total. The molecule has 0 radical (unpaired) electrons. The van der Waals surface area contributed by atoms with Crippen LogP contribution >= 0.6 is 7.82 Å². The number of ether oxygens (including phenoxy) is 2. The van der Waals surface area contributed by atoms with Gasteiger partial charge in [-0.1, -0.05) is 158 Å². The highest BCUT2D eigenvalue weighted by Gasteiger charge is 2.23. The van der Waals surface area contributed by atoms with Gasteiger partial charge in [-0.15, -0.1) is 0 Å². The number of allylic oxidation sites excluding steroid dienone is 9. The van der Waals surface area contributed by atoms with Gasteiger partial charge in [0.25, 0.3) is 0 Å². The second-order valence-electron chi connectivity index (χ2n) is 12.7. The summed E-state index contributed by atoms with van der Waals surface area (Å²) >= 11 is 0. The van der Waals surface area contributed by atoms with E-state index in [2.05, 4.69) is 54.8 Å². The summed E-state index contributed by atoms with van der Waals surface area (Å²) < 4.78 is 26.2. The van der Waals surface area contributed by atoms with Crippen molar-refractivity contribution in [3.63, 3.8) is 0 Å². The van der Waals surface area contributed by atoms with Gasteiger partial charge < -0.3 is 24.4 Å². The standard InChI is InChI=1S/C40H69O9P/c1-3-5-7-9-11-13-15-17-19-21-23-25-27-29-33-39(42)47-35-38(36-48-50(44,45)46)49-40(43)34-30-32-37(41)31-28-26-24-22-20-18-16-14-12-10-8-6-4-2/h6,8,12,14,18,20,24,26,28,31,37-38,41H,3-5,7,9-11,13,15-17,19,21-23,25,27,29-30,32-36H2,1-2H3,(H2,44,45,46)/b8-6-,14-12-,20-18-,26-24-,31-28+/t37?,38-/m1/s1. The molecule has 0 aliphatic carbocycles. The van der Waals surface area contributed by atoms with E-state index in [4.69, 9.17) is 19.3 Å². The van der Waals surface area contributed by atoms with Gasteiger partial charge in [0.05, 0.1) is 12.7 Å². The molecule has 0 aliphatic heterocycles. The normalized spacial score (nSPS) is 13.8. The lowest BCUT2D eigenvalue weighted by molar-refractivity contribution is -0.161. The van der Waals surface area contributed by atoms with Gasteiger partial charge >= 0.3 is 19.8 Å². The Bertz CT molecular complexity index is 1010. The van der Waals surface area contributed by atoms with Crippen LogP contribution in [0.15, 0.2) is 60.8 Å². The van der Waals surface area contributed by atoms with Crippen LogP contribution < -0.4 is 0 Å². The Hall–Kier alpha value is -2.29. The number of carbonyl (C=O) groups is 2. The van der Waals surface area contributed by atoms with Gasteiger partial charge in [0.1, 0.15) is 6.61 Å². The van der Waals surface area contributed by atoms with Gasteiger partial charge in [-0.05, 0) is 44.9 Å². The third kappa shape index (κ3) is 37.0. The fourth-order valence-corrected chi connectivity index (χ4v) is 5.41. The van der Waals surface area contributed by atoms with Crippen LogP contribution in [-0.2, 0) is 28.2 Å². The van der Waals surface area contributed by atoms with Crippen molar-refractivity contribution in [1.82, 2.24) is 0 Å². The molecule has 0 aromatic heterocycles. The van der Waals surface area contributed by atoms with Gasteiger partial charge in [-0.3, -0.25) is 14.1 Å².